The van der Waals surface area contributed by atoms with Gasteiger partial charge in [0.1, 0.15) is 0 Å². The van der Waals surface area contributed by atoms with Crippen LogP contribution in [0.25, 0.3) is 0 Å². The molecule has 1 aliphatic heterocycles. The van der Waals surface area contributed by atoms with Crippen molar-refractivity contribution in [1.29, 1.82) is 0 Å². The van der Waals surface area contributed by atoms with E-state index in [-0.39, 0.29) is 0 Å². The molecule has 1 N–H and O–H groups in total. The smallest absolute Gasteiger partial charge is 0.0644 e. The van der Waals surface area contributed by atoms with Crippen LogP contribution < -0.4 is 0 Å². The quantitative estimate of drug-likeness (QED) is 0.691. The molecule has 78 valence electrons. The van der Waals surface area contributed by atoms with Crippen molar-refractivity contribution in [3.63, 3.8) is 0 Å². The fourth-order valence-electron chi connectivity index (χ4n) is 1.60. The highest BCUT2D eigenvalue weighted by molar-refractivity contribution is 4.81. The highest BCUT2D eigenvalue weighted by Gasteiger charge is 2.26. The number of hydrogen-bond acceptors (Lipinski definition) is 3. The van der Waals surface area contributed by atoms with E-state index in [1.807, 2.05) is 6.92 Å². The van der Waals surface area contributed by atoms with Crippen molar-refractivity contribution in [3.05, 3.63) is 0 Å². The summed E-state index contributed by atoms with van der Waals surface area (Å²) in [5.74, 6) is 0. The van der Waals surface area contributed by atoms with Crippen LogP contribution in [0.5, 0.6) is 0 Å². The Labute approximate surface area is 81.3 Å². The number of nitrogens with zero attached hydrogens (tertiary/aromatic N) is 2. The van der Waals surface area contributed by atoms with Crippen molar-refractivity contribution in [2.24, 2.45) is 0 Å². The van der Waals surface area contributed by atoms with Gasteiger partial charge in [0.2, 0.25) is 0 Å². The third kappa shape index (κ3) is 4.07. The molecule has 0 bridgehead atoms. The molecule has 0 aromatic carbocycles. The minimum atomic E-state index is -0.408. The second-order valence-electron chi connectivity index (χ2n) is 4.64. The molecule has 0 amide bonds. The Morgan fingerprint density at radius 3 is 2.31 bits per heavy atom. The molecule has 1 rings (SSSR count). The molecule has 13 heavy (non-hydrogen) atoms. The monoisotopic (exact) mass is 186 g/mol. The summed E-state index contributed by atoms with van der Waals surface area (Å²) in [5, 5.41) is 9.73. The van der Waals surface area contributed by atoms with E-state index in [2.05, 4.69) is 23.9 Å². The Morgan fingerprint density at radius 2 is 1.85 bits per heavy atom. The lowest BCUT2D eigenvalue weighted by Gasteiger charge is -2.36. The molecule has 0 saturated carbocycles. The maximum atomic E-state index is 9.73. The third-order valence-corrected chi connectivity index (χ3v) is 2.80. The van der Waals surface area contributed by atoms with E-state index in [9.17, 15) is 5.11 Å². The van der Waals surface area contributed by atoms with Gasteiger partial charge in [0.05, 0.1) is 5.60 Å². The first-order chi connectivity index (χ1) is 5.99. The van der Waals surface area contributed by atoms with Crippen molar-refractivity contribution in [2.45, 2.75) is 25.4 Å². The first-order valence-electron chi connectivity index (χ1n) is 5.09. The molecule has 0 atom stereocenters. The SMILES string of the molecule is CN(C)CCN1CCC(C)(O)CC1. The number of likely N-dealkylation sites (N-methyl/N-ethyl adjacent to an activating group) is 1. The Hall–Kier alpha value is -0.120. The minimum Gasteiger partial charge on any atom is -0.390 e. The first-order valence-corrected chi connectivity index (χ1v) is 5.09. The van der Waals surface area contributed by atoms with Crippen LogP contribution in [0.2, 0.25) is 0 Å². The lowest BCUT2D eigenvalue weighted by Crippen LogP contribution is -2.44. The van der Waals surface area contributed by atoms with Crippen LogP contribution in [-0.4, -0.2) is 60.8 Å². The van der Waals surface area contributed by atoms with Crippen molar-refractivity contribution in [3.8, 4) is 0 Å². The van der Waals surface area contributed by atoms with Crippen molar-refractivity contribution >= 4 is 0 Å². The molecule has 0 radical (unpaired) electrons. The number of piperidine rings is 1. The molecule has 0 aromatic rings. The van der Waals surface area contributed by atoms with Crippen LogP contribution in [0.15, 0.2) is 0 Å². The Morgan fingerprint density at radius 1 is 1.31 bits per heavy atom. The van der Waals surface area contributed by atoms with Gasteiger partial charge in [-0.25, -0.2) is 0 Å². The van der Waals surface area contributed by atoms with Crippen molar-refractivity contribution < 1.29 is 5.11 Å². The summed E-state index contributed by atoms with van der Waals surface area (Å²) in [6.07, 6.45) is 1.83. The zero-order valence-electron chi connectivity index (χ0n) is 9.08. The van der Waals surface area contributed by atoms with Gasteiger partial charge in [0.15, 0.2) is 0 Å². The Balaban J connectivity index is 2.18. The molecule has 3 heteroatoms. The van der Waals surface area contributed by atoms with E-state index in [1.165, 1.54) is 0 Å². The van der Waals surface area contributed by atoms with Gasteiger partial charge in [-0.1, -0.05) is 0 Å². The lowest BCUT2D eigenvalue weighted by molar-refractivity contribution is -0.00622. The predicted molar refractivity (Wildman–Crippen MR) is 54.9 cm³/mol. The number of hydrogen-bond donors (Lipinski definition) is 1. The van der Waals surface area contributed by atoms with Crippen LogP contribution in [0.1, 0.15) is 19.8 Å². The number of aliphatic hydroxyl groups is 1. The fourth-order valence-corrected chi connectivity index (χ4v) is 1.60. The second kappa shape index (κ2) is 4.40. The normalized spacial score (nSPS) is 23.8. The molecule has 1 aliphatic rings. The maximum absolute atomic E-state index is 9.73. The average Bonchev–Trinajstić information content (AvgIpc) is 2.02. The summed E-state index contributed by atoms with van der Waals surface area (Å²) in [7, 11) is 4.19. The molecule has 0 aromatic heterocycles. The zero-order chi connectivity index (χ0) is 9.90. The topological polar surface area (TPSA) is 26.7 Å². The van der Waals surface area contributed by atoms with E-state index in [1.54, 1.807) is 0 Å². The molecular formula is C10H22N2O. The number of rotatable bonds is 3. The largest absolute Gasteiger partial charge is 0.390 e. The molecule has 3 nitrogen and oxygen atoms in total. The summed E-state index contributed by atoms with van der Waals surface area (Å²) in [5.41, 5.74) is -0.408. The van der Waals surface area contributed by atoms with Gasteiger partial charge in [-0.05, 0) is 33.9 Å². The average molecular weight is 186 g/mol. The van der Waals surface area contributed by atoms with E-state index >= 15 is 0 Å². The first kappa shape index (κ1) is 11.0. The van der Waals surface area contributed by atoms with Gasteiger partial charge in [-0.2, -0.15) is 0 Å². The van der Waals surface area contributed by atoms with Crippen LogP contribution in [0.4, 0.5) is 0 Å². The molecular weight excluding hydrogens is 164 g/mol. The summed E-state index contributed by atoms with van der Waals surface area (Å²) in [6, 6.07) is 0. The Kier molecular flexibility index (Phi) is 3.71. The van der Waals surface area contributed by atoms with E-state index in [0.717, 1.165) is 39.0 Å². The molecule has 0 unspecified atom stereocenters. The summed E-state index contributed by atoms with van der Waals surface area (Å²) in [4.78, 5) is 4.63. The third-order valence-electron chi connectivity index (χ3n) is 2.80. The zero-order valence-corrected chi connectivity index (χ0v) is 9.08. The van der Waals surface area contributed by atoms with Gasteiger partial charge in [-0.15, -0.1) is 0 Å². The van der Waals surface area contributed by atoms with Gasteiger partial charge in [0.25, 0.3) is 0 Å². The minimum absolute atomic E-state index is 0.408. The van der Waals surface area contributed by atoms with E-state index in [4.69, 9.17) is 0 Å². The van der Waals surface area contributed by atoms with Crippen molar-refractivity contribution in [1.82, 2.24) is 9.80 Å². The summed E-state index contributed by atoms with van der Waals surface area (Å²) >= 11 is 0. The van der Waals surface area contributed by atoms with Crippen LogP contribution in [-0.2, 0) is 0 Å². The molecule has 0 spiro atoms. The highest BCUT2D eigenvalue weighted by atomic mass is 16.3. The second-order valence-corrected chi connectivity index (χ2v) is 4.64. The van der Waals surface area contributed by atoms with Gasteiger partial charge >= 0.3 is 0 Å². The van der Waals surface area contributed by atoms with Gasteiger partial charge < -0.3 is 14.9 Å². The fraction of sp³-hybridized carbons (Fsp3) is 1.00. The van der Waals surface area contributed by atoms with E-state index in [0.29, 0.717) is 0 Å². The van der Waals surface area contributed by atoms with Crippen LogP contribution in [0.3, 0.4) is 0 Å². The van der Waals surface area contributed by atoms with Gasteiger partial charge in [-0.3, -0.25) is 0 Å². The van der Waals surface area contributed by atoms with Crippen LogP contribution in [0, 0.1) is 0 Å². The van der Waals surface area contributed by atoms with Crippen molar-refractivity contribution in [2.75, 3.05) is 40.3 Å². The summed E-state index contributed by atoms with van der Waals surface area (Å²) < 4.78 is 0. The summed E-state index contributed by atoms with van der Waals surface area (Å²) in [6.45, 7) is 6.27. The molecule has 1 fully saturated rings. The molecule has 1 heterocycles. The number of likely N-dealkylation sites (tertiary alicyclic amines) is 1. The highest BCUT2D eigenvalue weighted by Crippen LogP contribution is 2.20. The lowest BCUT2D eigenvalue weighted by atomic mass is 9.94. The Bertz CT molecular complexity index is 144. The predicted octanol–water partition coefficient (Wildman–Crippen LogP) is 0.395. The maximum Gasteiger partial charge on any atom is 0.0644 e. The van der Waals surface area contributed by atoms with E-state index < -0.39 is 5.60 Å². The molecule has 1 saturated heterocycles. The van der Waals surface area contributed by atoms with Crippen LogP contribution >= 0.6 is 0 Å². The van der Waals surface area contributed by atoms with Gasteiger partial charge in [0, 0.05) is 26.2 Å². The standard InChI is InChI=1S/C10H22N2O/c1-10(13)4-6-12(7-5-10)9-8-11(2)3/h13H,4-9H2,1-3H3. The molecule has 0 aliphatic carbocycles.